The van der Waals surface area contributed by atoms with Gasteiger partial charge in [-0.15, -0.1) is 0 Å². The molecule has 0 atom stereocenters. The van der Waals surface area contributed by atoms with Crippen LogP contribution >= 0.6 is 0 Å². The minimum atomic E-state index is -0.850. The van der Waals surface area contributed by atoms with Crippen molar-refractivity contribution in [3.05, 3.63) is 53.1 Å². The van der Waals surface area contributed by atoms with E-state index in [-0.39, 0.29) is 18.4 Å². The molecule has 3 amide bonds. The number of rotatable bonds is 10. The Bertz CT molecular complexity index is 1030. The minimum Gasteiger partial charge on any atom is -0.490 e. The third kappa shape index (κ3) is 8.23. The van der Waals surface area contributed by atoms with Crippen LogP contribution in [-0.4, -0.2) is 43.7 Å². The highest BCUT2D eigenvalue weighted by molar-refractivity contribution is 6.35. The van der Waals surface area contributed by atoms with Crippen LogP contribution in [0.15, 0.2) is 41.5 Å². The molecule has 9 heteroatoms. The summed E-state index contributed by atoms with van der Waals surface area (Å²) in [6.45, 7) is 10.1. The van der Waals surface area contributed by atoms with Crippen LogP contribution < -0.4 is 25.5 Å². The topological polar surface area (TPSA) is 118 Å². The van der Waals surface area contributed by atoms with Gasteiger partial charge in [-0.3, -0.25) is 14.4 Å². The molecular formula is C25H32N4O5. The maximum absolute atomic E-state index is 12.4. The largest absolute Gasteiger partial charge is 0.490 e. The zero-order valence-corrected chi connectivity index (χ0v) is 20.2. The Hall–Kier alpha value is -3.88. The van der Waals surface area contributed by atoms with Crippen LogP contribution in [0.4, 0.5) is 5.69 Å². The highest BCUT2D eigenvalue weighted by atomic mass is 16.5. The van der Waals surface area contributed by atoms with Crippen molar-refractivity contribution in [2.24, 2.45) is 11.0 Å². The Morgan fingerprint density at radius 2 is 1.71 bits per heavy atom. The van der Waals surface area contributed by atoms with Crippen molar-refractivity contribution in [3.63, 3.8) is 0 Å². The lowest BCUT2D eigenvalue weighted by Gasteiger charge is -2.14. The van der Waals surface area contributed by atoms with Crippen molar-refractivity contribution in [2.45, 2.75) is 34.6 Å². The number of benzene rings is 2. The summed E-state index contributed by atoms with van der Waals surface area (Å²) in [6, 6.07) is 10.8. The standard InChI is InChI=1S/C25H32N4O5/c1-6-33-21-12-19(14-27-29-25(32)24(31)26-13-16(2)3)10-11-20(21)34-15-22(30)28-23-17(4)8-7-9-18(23)5/h7-12,14,16H,6,13,15H2,1-5H3,(H,26,31)(H,28,30)(H,29,32)/b27-14-. The molecule has 2 aromatic rings. The highest BCUT2D eigenvalue weighted by Crippen LogP contribution is 2.28. The molecule has 0 radical (unpaired) electrons. The quantitative estimate of drug-likeness (QED) is 0.282. The molecule has 0 aliphatic heterocycles. The van der Waals surface area contributed by atoms with Crippen LogP contribution in [0.1, 0.15) is 37.5 Å². The number of anilines is 1. The Kier molecular flexibility index (Phi) is 10.1. The number of nitrogens with one attached hydrogen (secondary N) is 3. The SMILES string of the molecule is CCOc1cc(/C=N\NC(=O)C(=O)NCC(C)C)ccc1OCC(=O)Nc1c(C)cccc1C. The van der Waals surface area contributed by atoms with Gasteiger partial charge in [0.2, 0.25) is 0 Å². The second-order valence-corrected chi connectivity index (χ2v) is 8.05. The number of hydrogen-bond donors (Lipinski definition) is 3. The van der Waals surface area contributed by atoms with Crippen molar-refractivity contribution >= 4 is 29.6 Å². The molecular weight excluding hydrogens is 436 g/mol. The maximum Gasteiger partial charge on any atom is 0.329 e. The van der Waals surface area contributed by atoms with Crippen molar-refractivity contribution in [3.8, 4) is 11.5 Å². The molecule has 0 aromatic heterocycles. The minimum absolute atomic E-state index is 0.192. The smallest absolute Gasteiger partial charge is 0.329 e. The third-order valence-electron chi connectivity index (χ3n) is 4.63. The number of nitrogens with zero attached hydrogens (tertiary/aromatic N) is 1. The lowest BCUT2D eigenvalue weighted by molar-refractivity contribution is -0.139. The lowest BCUT2D eigenvalue weighted by atomic mass is 10.1. The summed E-state index contributed by atoms with van der Waals surface area (Å²) >= 11 is 0. The predicted octanol–water partition coefficient (Wildman–Crippen LogP) is 2.94. The van der Waals surface area contributed by atoms with Crippen LogP contribution in [0, 0.1) is 19.8 Å². The van der Waals surface area contributed by atoms with Gasteiger partial charge in [-0.1, -0.05) is 32.0 Å². The number of hydrazone groups is 1. The number of ether oxygens (including phenoxy) is 2. The summed E-state index contributed by atoms with van der Waals surface area (Å²) in [6.07, 6.45) is 1.38. The summed E-state index contributed by atoms with van der Waals surface area (Å²) in [4.78, 5) is 35.9. The van der Waals surface area contributed by atoms with Crippen molar-refractivity contribution < 1.29 is 23.9 Å². The monoisotopic (exact) mass is 468 g/mol. The fraction of sp³-hybridized carbons (Fsp3) is 0.360. The van der Waals surface area contributed by atoms with Crippen LogP contribution in [0.25, 0.3) is 0 Å². The molecule has 2 aromatic carbocycles. The molecule has 2 rings (SSSR count). The summed E-state index contributed by atoms with van der Waals surface area (Å²) in [7, 11) is 0. The van der Waals surface area contributed by atoms with E-state index in [1.54, 1.807) is 18.2 Å². The molecule has 0 saturated heterocycles. The van der Waals surface area contributed by atoms with Crippen LogP contribution in [0.2, 0.25) is 0 Å². The van der Waals surface area contributed by atoms with Gasteiger partial charge in [0, 0.05) is 12.2 Å². The molecule has 0 heterocycles. The number of carbonyl (C=O) groups excluding carboxylic acids is 3. The van der Waals surface area contributed by atoms with E-state index in [2.05, 4.69) is 21.2 Å². The van der Waals surface area contributed by atoms with E-state index in [0.29, 0.717) is 30.2 Å². The molecule has 3 N–H and O–H groups in total. The van der Waals surface area contributed by atoms with E-state index in [1.165, 1.54) is 6.21 Å². The van der Waals surface area contributed by atoms with Crippen molar-refractivity contribution in [1.82, 2.24) is 10.7 Å². The van der Waals surface area contributed by atoms with Gasteiger partial charge < -0.3 is 20.1 Å². The zero-order chi connectivity index (χ0) is 25.1. The Morgan fingerprint density at radius 1 is 1.00 bits per heavy atom. The number of aryl methyl sites for hydroxylation is 2. The number of hydrogen-bond acceptors (Lipinski definition) is 6. The summed E-state index contributed by atoms with van der Waals surface area (Å²) in [5.74, 6) is -0.833. The average molecular weight is 469 g/mol. The first-order chi connectivity index (χ1) is 16.2. The van der Waals surface area contributed by atoms with Crippen molar-refractivity contribution in [2.75, 3.05) is 25.1 Å². The number of amides is 3. The van der Waals surface area contributed by atoms with Gasteiger partial charge in [0.05, 0.1) is 12.8 Å². The molecule has 34 heavy (non-hydrogen) atoms. The van der Waals surface area contributed by atoms with Gasteiger partial charge in [-0.25, -0.2) is 5.43 Å². The molecule has 182 valence electrons. The fourth-order valence-electron chi connectivity index (χ4n) is 2.92. The first-order valence-electron chi connectivity index (χ1n) is 11.1. The first kappa shape index (κ1) is 26.4. The molecule has 9 nitrogen and oxygen atoms in total. The molecule has 0 aliphatic rings. The molecule has 0 aliphatic carbocycles. The Balaban J connectivity index is 1.98. The van der Waals surface area contributed by atoms with Crippen LogP contribution in [0.3, 0.4) is 0 Å². The van der Waals surface area contributed by atoms with E-state index >= 15 is 0 Å². The van der Waals surface area contributed by atoms with E-state index in [9.17, 15) is 14.4 Å². The van der Waals surface area contributed by atoms with E-state index in [0.717, 1.165) is 16.8 Å². The van der Waals surface area contributed by atoms with Gasteiger partial charge in [-0.2, -0.15) is 5.10 Å². The molecule has 0 unspecified atom stereocenters. The molecule has 0 spiro atoms. The van der Waals surface area contributed by atoms with Gasteiger partial charge in [0.25, 0.3) is 5.91 Å². The summed E-state index contributed by atoms with van der Waals surface area (Å²) in [5, 5.41) is 9.20. The Labute approximate surface area is 199 Å². The van der Waals surface area contributed by atoms with E-state index in [4.69, 9.17) is 9.47 Å². The molecule has 0 fully saturated rings. The maximum atomic E-state index is 12.4. The van der Waals surface area contributed by atoms with E-state index < -0.39 is 11.8 Å². The average Bonchev–Trinajstić information content (AvgIpc) is 2.79. The normalized spacial score (nSPS) is 10.8. The third-order valence-corrected chi connectivity index (χ3v) is 4.63. The molecule has 0 saturated carbocycles. The summed E-state index contributed by atoms with van der Waals surface area (Å²) < 4.78 is 11.3. The zero-order valence-electron chi connectivity index (χ0n) is 20.2. The second kappa shape index (κ2) is 13.0. The van der Waals surface area contributed by atoms with E-state index in [1.807, 2.05) is 52.8 Å². The predicted molar refractivity (Wildman–Crippen MR) is 131 cm³/mol. The Morgan fingerprint density at radius 3 is 2.35 bits per heavy atom. The van der Waals surface area contributed by atoms with Crippen LogP contribution in [0.5, 0.6) is 11.5 Å². The molecule has 0 bridgehead atoms. The number of carbonyl (C=O) groups is 3. The highest BCUT2D eigenvalue weighted by Gasteiger charge is 2.13. The van der Waals surface area contributed by atoms with Gasteiger partial charge in [-0.05, 0) is 61.6 Å². The second-order valence-electron chi connectivity index (χ2n) is 8.05. The van der Waals surface area contributed by atoms with Crippen molar-refractivity contribution in [1.29, 1.82) is 0 Å². The van der Waals surface area contributed by atoms with Gasteiger partial charge in [0.15, 0.2) is 18.1 Å². The first-order valence-corrected chi connectivity index (χ1v) is 11.1. The lowest BCUT2D eigenvalue weighted by Crippen LogP contribution is -2.39. The van der Waals surface area contributed by atoms with Gasteiger partial charge >= 0.3 is 11.8 Å². The van der Waals surface area contributed by atoms with Crippen LogP contribution in [-0.2, 0) is 14.4 Å². The number of para-hydroxylation sites is 1. The fourth-order valence-corrected chi connectivity index (χ4v) is 2.92. The van der Waals surface area contributed by atoms with Gasteiger partial charge in [0.1, 0.15) is 0 Å². The summed E-state index contributed by atoms with van der Waals surface area (Å²) in [5.41, 5.74) is 5.51.